The molecular formula is C9H6F3O3S. The number of halogens is 3. The number of benzene rings is 1. The molecule has 0 heterocycles. The van der Waals surface area contributed by atoms with Crippen LogP contribution in [0.3, 0.4) is 0 Å². The molecule has 1 radical (unpaired) electrons. The molecule has 1 aromatic carbocycles. The molecule has 0 aliphatic rings. The second-order valence-electron chi connectivity index (χ2n) is 2.96. The highest BCUT2D eigenvalue weighted by molar-refractivity contribution is 7.71. The van der Waals surface area contributed by atoms with Crippen molar-refractivity contribution in [2.45, 2.75) is 11.9 Å². The van der Waals surface area contributed by atoms with Gasteiger partial charge in [-0.05, 0) is 23.8 Å². The van der Waals surface area contributed by atoms with Crippen LogP contribution in [-0.4, -0.2) is 14.7 Å². The van der Waals surface area contributed by atoms with Gasteiger partial charge in [0, 0.05) is 5.56 Å². The van der Waals surface area contributed by atoms with Crippen LogP contribution in [0, 0.1) is 0 Å². The first kappa shape index (κ1) is 12.7. The molecule has 1 rings (SSSR count). The predicted molar refractivity (Wildman–Crippen MR) is 50.3 cm³/mol. The van der Waals surface area contributed by atoms with E-state index < -0.39 is 28.2 Å². The summed E-state index contributed by atoms with van der Waals surface area (Å²) in [7, 11) is -2.89. The molecule has 0 aliphatic heterocycles. The average Bonchev–Trinajstić information content (AvgIpc) is 2.15. The van der Waals surface area contributed by atoms with Crippen molar-refractivity contribution in [2.75, 3.05) is 0 Å². The average molecular weight is 251 g/mol. The zero-order valence-corrected chi connectivity index (χ0v) is 8.64. The zero-order valence-electron chi connectivity index (χ0n) is 7.75. The highest BCUT2D eigenvalue weighted by atomic mass is 32.2. The van der Waals surface area contributed by atoms with Gasteiger partial charge in [-0.15, -0.1) is 0 Å². The molecule has 0 aromatic heterocycles. The number of alkyl halides is 3. The van der Waals surface area contributed by atoms with Gasteiger partial charge in [-0.25, -0.2) is 8.42 Å². The molecule has 0 aliphatic carbocycles. The summed E-state index contributed by atoms with van der Waals surface area (Å²) in [5.41, 5.74) is -1.36. The lowest BCUT2D eigenvalue weighted by Crippen LogP contribution is -2.07. The molecule has 0 atom stereocenters. The van der Waals surface area contributed by atoms with Gasteiger partial charge in [-0.3, -0.25) is 4.79 Å². The van der Waals surface area contributed by atoms with E-state index in [0.29, 0.717) is 12.1 Å². The highest BCUT2D eigenvalue weighted by Crippen LogP contribution is 2.30. The summed E-state index contributed by atoms with van der Waals surface area (Å²) in [6, 6.07) is 2.26. The number of hydrogen-bond acceptors (Lipinski definition) is 3. The molecule has 0 bridgehead atoms. The highest BCUT2D eigenvalue weighted by Gasteiger charge is 2.30. The maximum Gasteiger partial charge on any atom is 0.416 e. The molecule has 0 saturated heterocycles. The fourth-order valence-corrected chi connectivity index (χ4v) is 1.68. The predicted octanol–water partition coefficient (Wildman–Crippen LogP) is 1.27. The van der Waals surface area contributed by atoms with Gasteiger partial charge in [0.2, 0.25) is 6.29 Å². The third kappa shape index (κ3) is 3.06. The van der Waals surface area contributed by atoms with Crippen molar-refractivity contribution in [3.05, 3.63) is 34.9 Å². The lowest BCUT2D eigenvalue weighted by Gasteiger charge is -2.08. The first-order chi connectivity index (χ1) is 7.34. The molecule has 16 heavy (non-hydrogen) atoms. The second-order valence-corrected chi connectivity index (χ2v) is 3.94. The maximum absolute atomic E-state index is 12.3. The first-order valence-electron chi connectivity index (χ1n) is 4.04. The Morgan fingerprint density at radius 1 is 1.25 bits per heavy atom. The van der Waals surface area contributed by atoms with E-state index in [0.717, 1.165) is 6.07 Å². The fourth-order valence-electron chi connectivity index (χ4n) is 1.14. The Labute approximate surface area is 90.8 Å². The molecule has 3 nitrogen and oxygen atoms in total. The van der Waals surface area contributed by atoms with Gasteiger partial charge in [0.25, 0.3) is 0 Å². The summed E-state index contributed by atoms with van der Waals surface area (Å²) in [5.74, 6) is -0.607. The van der Waals surface area contributed by atoms with Crippen molar-refractivity contribution in [1.82, 2.24) is 0 Å². The largest absolute Gasteiger partial charge is 0.416 e. The van der Waals surface area contributed by atoms with Crippen molar-refractivity contribution in [3.63, 3.8) is 0 Å². The van der Waals surface area contributed by atoms with E-state index in [4.69, 9.17) is 0 Å². The van der Waals surface area contributed by atoms with Gasteiger partial charge >= 0.3 is 6.18 Å². The molecule has 0 unspecified atom stereocenters. The van der Waals surface area contributed by atoms with Crippen LogP contribution < -0.4 is 0 Å². The summed E-state index contributed by atoms with van der Waals surface area (Å²) in [6.45, 7) is 0. The molecule has 0 amide bonds. The first-order valence-corrected chi connectivity index (χ1v) is 5.41. The van der Waals surface area contributed by atoms with Gasteiger partial charge in [-0.2, -0.15) is 13.2 Å². The van der Waals surface area contributed by atoms with Crippen molar-refractivity contribution in [2.24, 2.45) is 0 Å². The smallest absolute Gasteiger partial charge is 0.285 e. The number of carbonyl (C=O) groups excluding carboxylic acids is 1. The number of hydrogen-bond donors (Lipinski definition) is 1. The standard InChI is InChI=1S/C9H6F3O3S/c10-9(11,12)8-2-1-6(4-13)7(3-8)5-16(14)15/h1-3,16H,5H2. The van der Waals surface area contributed by atoms with Gasteiger partial charge in [0.05, 0.1) is 11.3 Å². The molecule has 0 N–H and O–H groups in total. The minimum atomic E-state index is -4.56. The fraction of sp³-hybridized carbons (Fsp3) is 0.222. The molecule has 0 spiro atoms. The van der Waals surface area contributed by atoms with Gasteiger partial charge < -0.3 is 0 Å². The number of thiol groups is 1. The Hall–Kier alpha value is -1.37. The van der Waals surface area contributed by atoms with E-state index in [1.807, 2.05) is 0 Å². The SMILES string of the molecule is O=[C]c1ccc(C(F)(F)F)cc1C[SH](=O)=O. The second kappa shape index (κ2) is 4.65. The summed E-state index contributed by atoms with van der Waals surface area (Å²) < 4.78 is 57.7. The van der Waals surface area contributed by atoms with E-state index in [-0.39, 0.29) is 11.1 Å². The van der Waals surface area contributed by atoms with E-state index in [1.54, 1.807) is 0 Å². The van der Waals surface area contributed by atoms with E-state index in [1.165, 1.54) is 6.29 Å². The lowest BCUT2D eigenvalue weighted by atomic mass is 10.1. The van der Waals surface area contributed by atoms with Crippen LogP contribution >= 0.6 is 0 Å². The minimum Gasteiger partial charge on any atom is -0.285 e. The third-order valence-corrected chi connectivity index (χ3v) is 2.44. The van der Waals surface area contributed by atoms with Gasteiger partial charge in [0.15, 0.2) is 0 Å². The zero-order chi connectivity index (χ0) is 12.3. The van der Waals surface area contributed by atoms with Crippen molar-refractivity contribution < 1.29 is 26.4 Å². The Bertz CT molecular complexity index is 469. The van der Waals surface area contributed by atoms with Crippen molar-refractivity contribution in [3.8, 4) is 0 Å². The Kier molecular flexibility index (Phi) is 3.69. The Balaban J connectivity index is 3.26. The molecule has 0 fully saturated rings. The quantitative estimate of drug-likeness (QED) is 0.823. The lowest BCUT2D eigenvalue weighted by molar-refractivity contribution is -0.137. The van der Waals surface area contributed by atoms with Crippen LogP contribution in [0.2, 0.25) is 0 Å². The molecule has 0 saturated carbocycles. The number of rotatable bonds is 3. The molecule has 1 aromatic rings. The van der Waals surface area contributed by atoms with E-state index in [9.17, 15) is 26.4 Å². The molecule has 87 valence electrons. The van der Waals surface area contributed by atoms with Crippen LogP contribution in [0.5, 0.6) is 0 Å². The summed E-state index contributed by atoms with van der Waals surface area (Å²) in [4.78, 5) is 10.4. The maximum atomic E-state index is 12.3. The van der Waals surface area contributed by atoms with E-state index in [2.05, 4.69) is 0 Å². The minimum absolute atomic E-state index is 0.174. The molecule has 7 heteroatoms. The summed E-state index contributed by atoms with van der Waals surface area (Å²) >= 11 is 0. The van der Waals surface area contributed by atoms with Crippen molar-refractivity contribution >= 4 is 17.0 Å². The summed E-state index contributed by atoms with van der Waals surface area (Å²) in [6.07, 6.45) is -3.17. The van der Waals surface area contributed by atoms with Crippen molar-refractivity contribution in [1.29, 1.82) is 0 Å². The van der Waals surface area contributed by atoms with Crippen LogP contribution in [0.25, 0.3) is 0 Å². The van der Waals surface area contributed by atoms with Crippen LogP contribution in [0.1, 0.15) is 16.7 Å². The van der Waals surface area contributed by atoms with Crippen LogP contribution in [0.15, 0.2) is 18.2 Å². The summed E-state index contributed by atoms with van der Waals surface area (Å²) in [5, 5.41) is 0. The third-order valence-electron chi connectivity index (χ3n) is 1.84. The molecular weight excluding hydrogens is 245 g/mol. The van der Waals surface area contributed by atoms with Crippen LogP contribution in [0.4, 0.5) is 13.2 Å². The van der Waals surface area contributed by atoms with Gasteiger partial charge in [0.1, 0.15) is 10.7 Å². The van der Waals surface area contributed by atoms with Gasteiger partial charge in [-0.1, -0.05) is 0 Å². The normalized spacial score (nSPS) is 11.8. The Morgan fingerprint density at radius 2 is 1.88 bits per heavy atom. The topological polar surface area (TPSA) is 51.2 Å². The monoisotopic (exact) mass is 251 g/mol. The Morgan fingerprint density at radius 3 is 2.31 bits per heavy atom. The van der Waals surface area contributed by atoms with E-state index >= 15 is 0 Å². The van der Waals surface area contributed by atoms with Crippen LogP contribution in [-0.2, 0) is 27.4 Å².